The first-order valence-corrected chi connectivity index (χ1v) is 14.6. The maximum absolute atomic E-state index is 15.0. The van der Waals surface area contributed by atoms with E-state index in [1.54, 1.807) is 7.11 Å². The standard InChI is InChI=1S/C33H46F2O/c1-3-4-24-5-7-26(8-6-24)17-20-30-21-33(35)31(22-32(30)34)29-18-15-27(16-19-29)10-9-25-11-13-28(14-12-25)23-36-2/h15-16,18-19,21-22,24-26,28H,3-14,17,20,23H2,1-2H3. The van der Waals surface area contributed by atoms with Gasteiger partial charge in [-0.05, 0) is 91.0 Å². The number of halogens is 2. The number of hydrogen-bond acceptors (Lipinski definition) is 1. The third-order valence-corrected chi connectivity index (χ3v) is 9.10. The second-order valence-electron chi connectivity index (χ2n) is 11.7. The first-order chi connectivity index (χ1) is 17.6. The monoisotopic (exact) mass is 496 g/mol. The van der Waals surface area contributed by atoms with Crippen LogP contribution in [0.1, 0.15) is 95.1 Å². The summed E-state index contributed by atoms with van der Waals surface area (Å²) in [6.45, 7) is 3.16. The molecule has 2 saturated carbocycles. The Hall–Kier alpha value is -1.74. The third kappa shape index (κ3) is 7.63. The van der Waals surface area contributed by atoms with E-state index in [2.05, 4.69) is 19.1 Å². The molecule has 2 aliphatic rings. The Morgan fingerprint density at radius 3 is 1.83 bits per heavy atom. The van der Waals surface area contributed by atoms with Crippen molar-refractivity contribution in [1.29, 1.82) is 0 Å². The summed E-state index contributed by atoms with van der Waals surface area (Å²) >= 11 is 0. The molecule has 0 amide bonds. The molecule has 0 aromatic heterocycles. The lowest BCUT2D eigenvalue weighted by molar-refractivity contribution is 0.117. The van der Waals surface area contributed by atoms with Gasteiger partial charge < -0.3 is 4.74 Å². The number of benzene rings is 2. The van der Waals surface area contributed by atoms with Crippen LogP contribution >= 0.6 is 0 Å². The van der Waals surface area contributed by atoms with Gasteiger partial charge in [-0.3, -0.25) is 0 Å². The van der Waals surface area contributed by atoms with Gasteiger partial charge in [-0.2, -0.15) is 0 Å². The summed E-state index contributed by atoms with van der Waals surface area (Å²) < 4.78 is 35.3. The number of ether oxygens (including phenoxy) is 1. The van der Waals surface area contributed by atoms with Crippen molar-refractivity contribution in [1.82, 2.24) is 0 Å². The minimum atomic E-state index is -0.307. The number of aryl methyl sites for hydroxylation is 2. The van der Waals surface area contributed by atoms with Gasteiger partial charge in [0.05, 0.1) is 0 Å². The highest BCUT2D eigenvalue weighted by Crippen LogP contribution is 2.35. The van der Waals surface area contributed by atoms with E-state index < -0.39 is 0 Å². The third-order valence-electron chi connectivity index (χ3n) is 9.10. The largest absolute Gasteiger partial charge is 0.384 e. The summed E-state index contributed by atoms with van der Waals surface area (Å²) in [7, 11) is 1.80. The maximum atomic E-state index is 15.0. The molecule has 0 unspecified atom stereocenters. The molecule has 2 aromatic rings. The molecule has 0 aliphatic heterocycles. The fraction of sp³-hybridized carbons (Fsp3) is 0.636. The molecular weight excluding hydrogens is 450 g/mol. The zero-order valence-electron chi connectivity index (χ0n) is 22.5. The zero-order valence-corrected chi connectivity index (χ0v) is 22.5. The molecule has 2 aromatic carbocycles. The molecule has 36 heavy (non-hydrogen) atoms. The minimum absolute atomic E-state index is 0.265. The smallest absolute Gasteiger partial charge is 0.131 e. The van der Waals surface area contributed by atoms with E-state index in [4.69, 9.17) is 4.74 Å². The van der Waals surface area contributed by atoms with Crippen LogP contribution in [0.5, 0.6) is 0 Å². The lowest BCUT2D eigenvalue weighted by Crippen LogP contribution is -2.18. The van der Waals surface area contributed by atoms with Crippen LogP contribution < -0.4 is 0 Å². The molecule has 2 fully saturated rings. The molecule has 0 bridgehead atoms. The van der Waals surface area contributed by atoms with Crippen molar-refractivity contribution < 1.29 is 13.5 Å². The van der Waals surface area contributed by atoms with Crippen LogP contribution in [0.2, 0.25) is 0 Å². The normalized spacial score (nSPS) is 24.7. The van der Waals surface area contributed by atoms with Crippen LogP contribution in [-0.2, 0) is 17.6 Å². The highest BCUT2D eigenvalue weighted by atomic mass is 19.1. The molecule has 4 rings (SSSR count). The van der Waals surface area contributed by atoms with Crippen molar-refractivity contribution in [3.05, 3.63) is 59.2 Å². The summed E-state index contributed by atoms with van der Waals surface area (Å²) in [6, 6.07) is 10.9. The molecule has 0 radical (unpaired) electrons. The summed E-state index contributed by atoms with van der Waals surface area (Å²) in [4.78, 5) is 0. The van der Waals surface area contributed by atoms with Gasteiger partial charge in [0.1, 0.15) is 11.6 Å². The quantitative estimate of drug-likeness (QED) is 0.301. The zero-order chi connectivity index (χ0) is 25.3. The molecule has 2 aliphatic carbocycles. The van der Waals surface area contributed by atoms with Crippen molar-refractivity contribution in [2.24, 2.45) is 23.7 Å². The SMILES string of the molecule is CCCC1CCC(CCc2cc(F)c(-c3ccc(CCC4CCC(COC)CC4)cc3)cc2F)CC1. The molecule has 0 saturated heterocycles. The predicted octanol–water partition coefficient (Wildman–Crippen LogP) is 9.56. The molecule has 0 atom stereocenters. The summed E-state index contributed by atoms with van der Waals surface area (Å²) in [5, 5.41) is 0. The van der Waals surface area contributed by atoms with Crippen molar-refractivity contribution in [3.63, 3.8) is 0 Å². The Balaban J connectivity index is 1.27. The molecule has 3 heteroatoms. The average Bonchev–Trinajstić information content (AvgIpc) is 2.90. The van der Waals surface area contributed by atoms with Crippen LogP contribution in [-0.4, -0.2) is 13.7 Å². The van der Waals surface area contributed by atoms with E-state index in [-0.39, 0.29) is 11.6 Å². The van der Waals surface area contributed by atoms with E-state index in [0.29, 0.717) is 23.5 Å². The van der Waals surface area contributed by atoms with Crippen molar-refractivity contribution in [2.45, 2.75) is 96.8 Å². The van der Waals surface area contributed by atoms with Crippen molar-refractivity contribution in [2.75, 3.05) is 13.7 Å². The van der Waals surface area contributed by atoms with Crippen LogP contribution in [0.15, 0.2) is 36.4 Å². The van der Waals surface area contributed by atoms with Gasteiger partial charge in [-0.1, -0.05) is 82.6 Å². The first kappa shape index (κ1) is 27.3. The van der Waals surface area contributed by atoms with Crippen LogP contribution in [0.4, 0.5) is 8.78 Å². The Morgan fingerprint density at radius 2 is 1.25 bits per heavy atom. The van der Waals surface area contributed by atoms with Gasteiger partial charge in [0.2, 0.25) is 0 Å². The van der Waals surface area contributed by atoms with E-state index in [0.717, 1.165) is 42.8 Å². The summed E-state index contributed by atoms with van der Waals surface area (Å²) in [6.07, 6.45) is 16.7. The van der Waals surface area contributed by atoms with Crippen LogP contribution in [0, 0.1) is 35.3 Å². The Bertz CT molecular complexity index is 921. The Kier molecular flexibility index (Phi) is 10.4. The first-order valence-electron chi connectivity index (χ1n) is 14.6. The van der Waals surface area contributed by atoms with Crippen LogP contribution in [0.25, 0.3) is 11.1 Å². The molecule has 198 valence electrons. The Morgan fingerprint density at radius 1 is 0.694 bits per heavy atom. The Labute approximate surface area is 218 Å². The minimum Gasteiger partial charge on any atom is -0.384 e. The van der Waals surface area contributed by atoms with Crippen LogP contribution in [0.3, 0.4) is 0 Å². The van der Waals surface area contributed by atoms with E-state index in [1.165, 1.54) is 88.3 Å². The van der Waals surface area contributed by atoms with Crippen molar-refractivity contribution in [3.8, 4) is 11.1 Å². The topological polar surface area (TPSA) is 9.23 Å². The number of rotatable bonds is 11. The number of hydrogen-bond donors (Lipinski definition) is 0. The van der Waals surface area contributed by atoms with Gasteiger partial charge in [0.25, 0.3) is 0 Å². The van der Waals surface area contributed by atoms with E-state index in [1.807, 2.05) is 12.1 Å². The molecule has 0 N–H and O–H groups in total. The van der Waals surface area contributed by atoms with Gasteiger partial charge in [-0.25, -0.2) is 8.78 Å². The fourth-order valence-corrected chi connectivity index (χ4v) is 6.72. The van der Waals surface area contributed by atoms with E-state index >= 15 is 4.39 Å². The second kappa shape index (κ2) is 13.7. The molecule has 1 nitrogen and oxygen atoms in total. The number of methoxy groups -OCH3 is 1. The molecule has 0 heterocycles. The lowest BCUT2D eigenvalue weighted by Gasteiger charge is -2.28. The summed E-state index contributed by atoms with van der Waals surface area (Å²) in [5.74, 6) is 2.50. The van der Waals surface area contributed by atoms with Gasteiger partial charge in [-0.15, -0.1) is 0 Å². The summed E-state index contributed by atoms with van der Waals surface area (Å²) in [5.41, 5.74) is 2.95. The highest BCUT2D eigenvalue weighted by molar-refractivity contribution is 5.65. The van der Waals surface area contributed by atoms with Gasteiger partial charge in [0, 0.05) is 19.3 Å². The van der Waals surface area contributed by atoms with Gasteiger partial charge >= 0.3 is 0 Å². The highest BCUT2D eigenvalue weighted by Gasteiger charge is 2.22. The van der Waals surface area contributed by atoms with Gasteiger partial charge in [0.15, 0.2) is 0 Å². The van der Waals surface area contributed by atoms with Crippen molar-refractivity contribution >= 4 is 0 Å². The average molecular weight is 497 g/mol. The molecular formula is C33H46F2O. The predicted molar refractivity (Wildman–Crippen MR) is 146 cm³/mol. The molecule has 0 spiro atoms. The second-order valence-corrected chi connectivity index (χ2v) is 11.7. The lowest BCUT2D eigenvalue weighted by atomic mass is 9.78. The van der Waals surface area contributed by atoms with E-state index in [9.17, 15) is 4.39 Å². The fourth-order valence-electron chi connectivity index (χ4n) is 6.72. The maximum Gasteiger partial charge on any atom is 0.131 e.